The number of ketones is 1. The van der Waals surface area contributed by atoms with Crippen LogP contribution >= 0.6 is 0 Å². The molecule has 0 radical (unpaired) electrons. The lowest BCUT2D eigenvalue weighted by Crippen LogP contribution is -2.12. The minimum atomic E-state index is -0.0194. The molecule has 1 aromatic carbocycles. The molecule has 0 N–H and O–H groups in total. The van der Waals surface area contributed by atoms with Gasteiger partial charge in [-0.25, -0.2) is 0 Å². The van der Waals surface area contributed by atoms with Gasteiger partial charge in [0.25, 0.3) is 0 Å². The van der Waals surface area contributed by atoms with Gasteiger partial charge in [-0.1, -0.05) is 6.07 Å². The normalized spacial score (nSPS) is 10.4. The summed E-state index contributed by atoms with van der Waals surface area (Å²) >= 11 is 0. The van der Waals surface area contributed by atoms with Gasteiger partial charge in [-0.15, -0.1) is 0 Å². The largest absolute Gasteiger partial charge is 0.497 e. The first-order chi connectivity index (χ1) is 9.52. The van der Waals surface area contributed by atoms with Crippen LogP contribution in [0.15, 0.2) is 30.3 Å². The van der Waals surface area contributed by atoms with E-state index in [1.165, 1.54) is 0 Å². The maximum atomic E-state index is 12.2. The molecule has 2 rings (SSSR count). The standard InChI is InChI=1S/C16H19NO3/c1-11-8-15(12(2)17(11)3)16(18)10-20-14-7-5-6-13(9-14)19-4/h5-9H,10H2,1-4H3. The predicted octanol–water partition coefficient (Wildman–Crippen LogP) is 2.91. The third kappa shape index (κ3) is 2.85. The van der Waals surface area contributed by atoms with E-state index in [0.29, 0.717) is 17.1 Å². The van der Waals surface area contributed by atoms with Crippen molar-refractivity contribution in [3.05, 3.63) is 47.3 Å². The summed E-state index contributed by atoms with van der Waals surface area (Å²) in [6.07, 6.45) is 0. The van der Waals surface area contributed by atoms with Crippen LogP contribution in [0.4, 0.5) is 0 Å². The average Bonchev–Trinajstić information content (AvgIpc) is 2.72. The van der Waals surface area contributed by atoms with Crippen LogP contribution in [0.3, 0.4) is 0 Å². The molecule has 4 heteroatoms. The van der Waals surface area contributed by atoms with Crippen molar-refractivity contribution in [2.75, 3.05) is 13.7 Å². The lowest BCUT2D eigenvalue weighted by Gasteiger charge is -2.07. The van der Waals surface area contributed by atoms with Crippen molar-refractivity contribution in [2.45, 2.75) is 13.8 Å². The van der Waals surface area contributed by atoms with Crippen LogP contribution in [0.25, 0.3) is 0 Å². The molecule has 0 unspecified atom stereocenters. The number of carbonyl (C=O) groups excluding carboxylic acids is 1. The minimum absolute atomic E-state index is 0.0194. The highest BCUT2D eigenvalue weighted by Crippen LogP contribution is 2.20. The molecule has 2 aromatic rings. The molecule has 0 saturated heterocycles. The first-order valence-corrected chi connectivity index (χ1v) is 6.46. The second kappa shape index (κ2) is 5.82. The van der Waals surface area contributed by atoms with E-state index in [-0.39, 0.29) is 12.4 Å². The molecule has 0 saturated carbocycles. The Kier molecular flexibility index (Phi) is 4.13. The van der Waals surface area contributed by atoms with Gasteiger partial charge < -0.3 is 14.0 Å². The van der Waals surface area contributed by atoms with Crippen LogP contribution in [-0.2, 0) is 7.05 Å². The highest BCUT2D eigenvalue weighted by molar-refractivity contribution is 5.98. The minimum Gasteiger partial charge on any atom is -0.497 e. The first-order valence-electron chi connectivity index (χ1n) is 6.46. The molecule has 1 heterocycles. The van der Waals surface area contributed by atoms with E-state index in [2.05, 4.69) is 0 Å². The molecule has 0 aliphatic rings. The molecule has 0 spiro atoms. The summed E-state index contributed by atoms with van der Waals surface area (Å²) in [7, 11) is 3.55. The first kappa shape index (κ1) is 14.2. The fraction of sp³-hybridized carbons (Fsp3) is 0.312. The van der Waals surface area contributed by atoms with Crippen LogP contribution in [0, 0.1) is 13.8 Å². The van der Waals surface area contributed by atoms with Gasteiger partial charge in [0.2, 0.25) is 5.78 Å². The molecular formula is C16H19NO3. The number of ether oxygens (including phenoxy) is 2. The third-order valence-corrected chi connectivity index (χ3v) is 3.49. The number of aryl methyl sites for hydroxylation is 1. The summed E-state index contributed by atoms with van der Waals surface area (Å²) in [4.78, 5) is 12.2. The van der Waals surface area contributed by atoms with Crippen molar-refractivity contribution >= 4 is 5.78 Å². The second-order valence-electron chi connectivity index (χ2n) is 4.73. The lowest BCUT2D eigenvalue weighted by molar-refractivity contribution is 0.0920. The van der Waals surface area contributed by atoms with Gasteiger partial charge in [0.15, 0.2) is 6.61 Å². The number of methoxy groups -OCH3 is 1. The Morgan fingerprint density at radius 3 is 2.50 bits per heavy atom. The zero-order chi connectivity index (χ0) is 14.7. The third-order valence-electron chi connectivity index (χ3n) is 3.49. The van der Waals surface area contributed by atoms with Gasteiger partial charge in [-0.2, -0.15) is 0 Å². The quantitative estimate of drug-likeness (QED) is 0.786. The zero-order valence-electron chi connectivity index (χ0n) is 12.3. The van der Waals surface area contributed by atoms with Crippen molar-refractivity contribution in [1.29, 1.82) is 0 Å². The molecular weight excluding hydrogens is 254 g/mol. The predicted molar refractivity (Wildman–Crippen MR) is 77.7 cm³/mol. The number of carbonyl (C=O) groups is 1. The van der Waals surface area contributed by atoms with Gasteiger partial charge >= 0.3 is 0 Å². The molecule has 0 amide bonds. The fourth-order valence-corrected chi connectivity index (χ4v) is 2.06. The number of Topliss-reactive ketones (excluding diaryl/α,β-unsaturated/α-hetero) is 1. The Morgan fingerprint density at radius 1 is 1.20 bits per heavy atom. The maximum Gasteiger partial charge on any atom is 0.202 e. The number of nitrogens with zero attached hydrogens (tertiary/aromatic N) is 1. The molecule has 0 aliphatic heterocycles. The molecule has 0 fully saturated rings. The van der Waals surface area contributed by atoms with Crippen LogP contribution in [0.2, 0.25) is 0 Å². The van der Waals surface area contributed by atoms with Gasteiger partial charge in [-0.3, -0.25) is 4.79 Å². The molecule has 1 aromatic heterocycles. The summed E-state index contributed by atoms with van der Waals surface area (Å²) in [5, 5.41) is 0. The van der Waals surface area contributed by atoms with Gasteiger partial charge in [0.1, 0.15) is 11.5 Å². The smallest absolute Gasteiger partial charge is 0.202 e. The van der Waals surface area contributed by atoms with Gasteiger partial charge in [-0.05, 0) is 32.0 Å². The van der Waals surface area contributed by atoms with E-state index in [0.717, 1.165) is 11.4 Å². The van der Waals surface area contributed by atoms with Crippen molar-refractivity contribution in [3.8, 4) is 11.5 Å². The monoisotopic (exact) mass is 273 g/mol. The van der Waals surface area contributed by atoms with E-state index >= 15 is 0 Å². The summed E-state index contributed by atoms with van der Waals surface area (Å²) in [6.45, 7) is 3.94. The highest BCUT2D eigenvalue weighted by atomic mass is 16.5. The summed E-state index contributed by atoms with van der Waals surface area (Å²) in [5.41, 5.74) is 2.74. The fourth-order valence-electron chi connectivity index (χ4n) is 2.06. The second-order valence-corrected chi connectivity index (χ2v) is 4.73. The Labute approximate surface area is 118 Å². The van der Waals surface area contributed by atoms with E-state index in [9.17, 15) is 4.79 Å². The maximum absolute atomic E-state index is 12.2. The van der Waals surface area contributed by atoms with Crippen molar-refractivity contribution in [1.82, 2.24) is 4.57 Å². The molecule has 4 nitrogen and oxygen atoms in total. The Bertz CT molecular complexity index is 629. The molecule has 0 atom stereocenters. The van der Waals surface area contributed by atoms with Crippen LogP contribution in [-0.4, -0.2) is 24.1 Å². The van der Waals surface area contributed by atoms with Crippen LogP contribution in [0.1, 0.15) is 21.7 Å². The number of hydrogen-bond acceptors (Lipinski definition) is 3. The van der Waals surface area contributed by atoms with E-state index < -0.39 is 0 Å². The summed E-state index contributed by atoms with van der Waals surface area (Å²) in [6, 6.07) is 9.12. The Hall–Kier alpha value is -2.23. The Morgan fingerprint density at radius 2 is 1.90 bits per heavy atom. The summed E-state index contributed by atoms with van der Waals surface area (Å²) in [5.74, 6) is 1.32. The van der Waals surface area contributed by atoms with Gasteiger partial charge in [0.05, 0.1) is 7.11 Å². The molecule has 20 heavy (non-hydrogen) atoms. The average molecular weight is 273 g/mol. The zero-order valence-corrected chi connectivity index (χ0v) is 12.3. The number of rotatable bonds is 5. The van der Waals surface area contributed by atoms with E-state index in [4.69, 9.17) is 9.47 Å². The van der Waals surface area contributed by atoms with E-state index in [1.807, 2.05) is 43.7 Å². The van der Waals surface area contributed by atoms with Gasteiger partial charge in [0, 0.05) is 30.1 Å². The van der Waals surface area contributed by atoms with Crippen LogP contribution < -0.4 is 9.47 Å². The lowest BCUT2D eigenvalue weighted by atomic mass is 10.1. The van der Waals surface area contributed by atoms with Crippen molar-refractivity contribution in [3.63, 3.8) is 0 Å². The highest BCUT2D eigenvalue weighted by Gasteiger charge is 2.14. The molecule has 106 valence electrons. The van der Waals surface area contributed by atoms with Crippen LogP contribution in [0.5, 0.6) is 11.5 Å². The van der Waals surface area contributed by atoms with E-state index in [1.54, 1.807) is 19.2 Å². The number of hydrogen-bond donors (Lipinski definition) is 0. The number of aromatic nitrogens is 1. The molecule has 0 bridgehead atoms. The summed E-state index contributed by atoms with van der Waals surface area (Å²) < 4.78 is 12.6. The van der Waals surface area contributed by atoms with Crippen molar-refractivity contribution in [2.24, 2.45) is 7.05 Å². The number of benzene rings is 1. The Balaban J connectivity index is 2.06. The van der Waals surface area contributed by atoms with Crippen molar-refractivity contribution < 1.29 is 14.3 Å². The topological polar surface area (TPSA) is 40.5 Å². The SMILES string of the molecule is COc1cccc(OCC(=O)c2cc(C)n(C)c2C)c1. The molecule has 0 aliphatic carbocycles.